The third kappa shape index (κ3) is 2.54. The van der Waals surface area contributed by atoms with Crippen LogP contribution in [0.25, 0.3) is 0 Å². The molecule has 0 radical (unpaired) electrons. The minimum absolute atomic E-state index is 0.778. The van der Waals surface area contributed by atoms with Crippen molar-refractivity contribution in [3.05, 3.63) is 12.2 Å². The smallest absolute Gasteiger partial charge is 0.137 e. The fourth-order valence-electron chi connectivity index (χ4n) is 1.98. The molecule has 0 amide bonds. The number of nitrogens with one attached hydrogen (secondary N) is 2. The highest BCUT2D eigenvalue weighted by molar-refractivity contribution is 4.83. The van der Waals surface area contributed by atoms with Gasteiger partial charge in [-0.2, -0.15) is 5.10 Å². The molecule has 1 aliphatic carbocycles. The van der Waals surface area contributed by atoms with Crippen LogP contribution in [0.2, 0.25) is 0 Å². The third-order valence-electron chi connectivity index (χ3n) is 2.86. The standard InChI is InChI=1S/C10H18N4/c1-8-5-9(6-8)11-4-2-3-10-12-7-13-14-10/h7-9,11H,2-6H2,1H3,(H,12,13,14). The molecule has 0 aromatic carbocycles. The molecule has 0 unspecified atom stereocenters. The molecule has 14 heavy (non-hydrogen) atoms. The van der Waals surface area contributed by atoms with E-state index in [-0.39, 0.29) is 0 Å². The highest BCUT2D eigenvalue weighted by Gasteiger charge is 2.23. The summed E-state index contributed by atoms with van der Waals surface area (Å²) in [6.45, 7) is 3.41. The van der Waals surface area contributed by atoms with Crippen molar-refractivity contribution in [3.8, 4) is 0 Å². The van der Waals surface area contributed by atoms with Crippen LogP contribution in [0.4, 0.5) is 0 Å². The minimum atomic E-state index is 0.778. The maximum Gasteiger partial charge on any atom is 0.137 e. The monoisotopic (exact) mass is 194 g/mol. The molecule has 1 saturated carbocycles. The van der Waals surface area contributed by atoms with Gasteiger partial charge in [0.15, 0.2) is 0 Å². The lowest BCUT2D eigenvalue weighted by molar-refractivity contribution is 0.241. The highest BCUT2D eigenvalue weighted by Crippen LogP contribution is 2.25. The molecule has 1 heterocycles. The number of nitrogens with zero attached hydrogens (tertiary/aromatic N) is 2. The maximum absolute atomic E-state index is 4.08. The van der Waals surface area contributed by atoms with Crippen LogP contribution in [0.5, 0.6) is 0 Å². The summed E-state index contributed by atoms with van der Waals surface area (Å²) >= 11 is 0. The summed E-state index contributed by atoms with van der Waals surface area (Å²) in [5, 5.41) is 10.2. The van der Waals surface area contributed by atoms with Gasteiger partial charge in [-0.25, -0.2) is 4.98 Å². The van der Waals surface area contributed by atoms with E-state index < -0.39 is 0 Å². The van der Waals surface area contributed by atoms with Crippen LogP contribution in [0.3, 0.4) is 0 Å². The maximum atomic E-state index is 4.08. The van der Waals surface area contributed by atoms with Crippen molar-refractivity contribution in [1.82, 2.24) is 20.5 Å². The quantitative estimate of drug-likeness (QED) is 0.691. The fourth-order valence-corrected chi connectivity index (χ4v) is 1.98. The highest BCUT2D eigenvalue weighted by atomic mass is 15.2. The van der Waals surface area contributed by atoms with E-state index in [0.717, 1.165) is 37.2 Å². The van der Waals surface area contributed by atoms with E-state index >= 15 is 0 Å². The molecule has 4 heteroatoms. The predicted molar refractivity (Wildman–Crippen MR) is 54.9 cm³/mol. The van der Waals surface area contributed by atoms with Crippen LogP contribution >= 0.6 is 0 Å². The van der Waals surface area contributed by atoms with Crippen molar-refractivity contribution in [2.45, 2.75) is 38.6 Å². The Labute approximate surface area is 84.5 Å². The number of aryl methyl sites for hydroxylation is 1. The van der Waals surface area contributed by atoms with Gasteiger partial charge >= 0.3 is 0 Å². The molecule has 0 spiro atoms. The molecule has 1 fully saturated rings. The van der Waals surface area contributed by atoms with Gasteiger partial charge in [-0.15, -0.1) is 0 Å². The Morgan fingerprint density at radius 3 is 3.07 bits per heavy atom. The molecular weight excluding hydrogens is 176 g/mol. The van der Waals surface area contributed by atoms with Crippen molar-refractivity contribution in [2.24, 2.45) is 5.92 Å². The summed E-state index contributed by atoms with van der Waals surface area (Å²) in [5.41, 5.74) is 0. The first-order chi connectivity index (χ1) is 6.84. The van der Waals surface area contributed by atoms with Crippen molar-refractivity contribution in [2.75, 3.05) is 6.54 Å². The first kappa shape index (κ1) is 9.65. The number of aromatic nitrogens is 3. The Morgan fingerprint density at radius 1 is 1.57 bits per heavy atom. The SMILES string of the molecule is CC1CC(NCCCc2ncn[nH]2)C1. The van der Waals surface area contributed by atoms with E-state index in [4.69, 9.17) is 0 Å². The lowest BCUT2D eigenvalue weighted by Gasteiger charge is -2.33. The van der Waals surface area contributed by atoms with Crippen LogP contribution in [0.15, 0.2) is 6.33 Å². The summed E-state index contributed by atoms with van der Waals surface area (Å²) in [5.74, 6) is 1.93. The summed E-state index contributed by atoms with van der Waals surface area (Å²) in [4.78, 5) is 4.08. The second kappa shape index (κ2) is 4.55. The average molecular weight is 194 g/mol. The van der Waals surface area contributed by atoms with Gasteiger partial charge in [0.25, 0.3) is 0 Å². The van der Waals surface area contributed by atoms with Crippen molar-refractivity contribution in [1.29, 1.82) is 0 Å². The van der Waals surface area contributed by atoms with E-state index in [1.54, 1.807) is 6.33 Å². The van der Waals surface area contributed by atoms with E-state index in [1.807, 2.05) is 0 Å². The molecular formula is C10H18N4. The number of hydrogen-bond acceptors (Lipinski definition) is 3. The third-order valence-corrected chi connectivity index (χ3v) is 2.86. The molecule has 0 saturated heterocycles. The normalized spacial score (nSPS) is 26.1. The van der Waals surface area contributed by atoms with Gasteiger partial charge in [0, 0.05) is 12.5 Å². The van der Waals surface area contributed by atoms with Crippen LogP contribution < -0.4 is 5.32 Å². The van der Waals surface area contributed by atoms with Crippen molar-refractivity contribution >= 4 is 0 Å². The average Bonchev–Trinajstić information content (AvgIpc) is 2.61. The van der Waals surface area contributed by atoms with Gasteiger partial charge in [0.05, 0.1) is 0 Å². The lowest BCUT2D eigenvalue weighted by atomic mass is 9.82. The largest absolute Gasteiger partial charge is 0.314 e. The van der Waals surface area contributed by atoms with Crippen LogP contribution in [0, 0.1) is 5.92 Å². The molecule has 2 rings (SSSR count). The first-order valence-corrected chi connectivity index (χ1v) is 5.42. The molecule has 1 aliphatic rings. The van der Waals surface area contributed by atoms with E-state index in [1.165, 1.54) is 12.8 Å². The van der Waals surface area contributed by atoms with E-state index in [0.29, 0.717) is 0 Å². The number of hydrogen-bond donors (Lipinski definition) is 2. The van der Waals surface area contributed by atoms with Crippen molar-refractivity contribution < 1.29 is 0 Å². The zero-order valence-electron chi connectivity index (χ0n) is 8.66. The summed E-state index contributed by atoms with van der Waals surface area (Å²) in [6, 6.07) is 0.778. The molecule has 78 valence electrons. The molecule has 0 aliphatic heterocycles. The Kier molecular flexibility index (Phi) is 3.14. The molecule has 4 nitrogen and oxygen atoms in total. The van der Waals surface area contributed by atoms with E-state index in [2.05, 4.69) is 27.4 Å². The summed E-state index contributed by atoms with van der Waals surface area (Å²) < 4.78 is 0. The fraction of sp³-hybridized carbons (Fsp3) is 0.800. The zero-order chi connectivity index (χ0) is 9.80. The number of rotatable bonds is 5. The van der Waals surface area contributed by atoms with Gasteiger partial charge in [-0.3, -0.25) is 5.10 Å². The molecule has 0 atom stereocenters. The molecule has 1 aromatic rings. The minimum Gasteiger partial charge on any atom is -0.314 e. The second-order valence-corrected chi connectivity index (χ2v) is 4.26. The lowest BCUT2D eigenvalue weighted by Crippen LogP contribution is -2.40. The Hall–Kier alpha value is -0.900. The Balaban J connectivity index is 1.52. The molecule has 2 N–H and O–H groups in total. The van der Waals surface area contributed by atoms with Gasteiger partial charge < -0.3 is 5.32 Å². The van der Waals surface area contributed by atoms with Gasteiger partial charge in [0.2, 0.25) is 0 Å². The van der Waals surface area contributed by atoms with Gasteiger partial charge in [-0.05, 0) is 31.7 Å². The van der Waals surface area contributed by atoms with Crippen LogP contribution in [-0.2, 0) is 6.42 Å². The summed E-state index contributed by atoms with van der Waals surface area (Å²) in [7, 11) is 0. The Bertz CT molecular complexity index is 251. The van der Waals surface area contributed by atoms with Crippen LogP contribution in [-0.4, -0.2) is 27.8 Å². The van der Waals surface area contributed by atoms with E-state index in [9.17, 15) is 0 Å². The zero-order valence-corrected chi connectivity index (χ0v) is 8.66. The molecule has 1 aromatic heterocycles. The second-order valence-electron chi connectivity index (χ2n) is 4.26. The Morgan fingerprint density at radius 2 is 2.43 bits per heavy atom. The van der Waals surface area contributed by atoms with Gasteiger partial charge in [-0.1, -0.05) is 6.92 Å². The molecule has 0 bridgehead atoms. The number of aromatic amines is 1. The van der Waals surface area contributed by atoms with Gasteiger partial charge in [0.1, 0.15) is 12.2 Å². The first-order valence-electron chi connectivity index (χ1n) is 5.42. The van der Waals surface area contributed by atoms with Crippen LogP contribution in [0.1, 0.15) is 32.0 Å². The topological polar surface area (TPSA) is 53.6 Å². The van der Waals surface area contributed by atoms with Crippen molar-refractivity contribution in [3.63, 3.8) is 0 Å². The summed E-state index contributed by atoms with van der Waals surface area (Å²) in [6.07, 6.45) is 6.40. The predicted octanol–water partition coefficient (Wildman–Crippen LogP) is 1.13. The number of H-pyrrole nitrogens is 1.